The quantitative estimate of drug-likeness (QED) is 0.227. The first-order valence-electron chi connectivity index (χ1n) is 20.4. The summed E-state index contributed by atoms with van der Waals surface area (Å²) in [5.74, 6) is 1.73. The van der Waals surface area contributed by atoms with Crippen LogP contribution in [0.15, 0.2) is 73.1 Å². The predicted molar refractivity (Wildman–Crippen MR) is 222 cm³/mol. The van der Waals surface area contributed by atoms with Crippen LogP contribution >= 0.6 is 0 Å². The van der Waals surface area contributed by atoms with Crippen molar-refractivity contribution in [2.45, 2.75) is 76.3 Å². The number of carbonyl (C=O) groups excluding carboxylic acids is 2. The van der Waals surface area contributed by atoms with Crippen LogP contribution in [0.2, 0.25) is 0 Å². The van der Waals surface area contributed by atoms with Gasteiger partial charge in [-0.1, -0.05) is 50.2 Å². The molecule has 10 nitrogen and oxygen atoms in total. The van der Waals surface area contributed by atoms with Gasteiger partial charge in [0.1, 0.15) is 0 Å². The van der Waals surface area contributed by atoms with Crippen molar-refractivity contribution in [3.63, 3.8) is 0 Å². The summed E-state index contributed by atoms with van der Waals surface area (Å²) in [6.45, 7) is 12.0. The number of nitrogens with one attached hydrogen (secondary N) is 2. The number of piperidine rings is 4. The third-order valence-corrected chi connectivity index (χ3v) is 12.2. The normalized spacial score (nSPS) is 24.9. The minimum Gasteiger partial charge on any atom is -0.335 e. The number of amides is 4. The smallest absolute Gasteiger partial charge is 0.317 e. The summed E-state index contributed by atoms with van der Waals surface area (Å²) in [5.41, 5.74) is 4.72. The molecule has 4 saturated heterocycles. The number of benzene rings is 2. The topological polar surface area (TPSA) is 96.9 Å². The van der Waals surface area contributed by atoms with Crippen molar-refractivity contribution in [1.29, 1.82) is 0 Å². The Hall–Kier alpha value is -4.28. The summed E-state index contributed by atoms with van der Waals surface area (Å²) in [5, 5.41) is 9.01. The predicted octanol–water partition coefficient (Wildman–Crippen LogP) is 7.42. The van der Waals surface area contributed by atoms with E-state index in [0.717, 1.165) is 102 Å². The molecule has 4 aliphatic rings. The molecule has 292 valence electrons. The molecule has 8 rings (SSSR count). The number of rotatable bonds is 4. The summed E-state index contributed by atoms with van der Waals surface area (Å²) in [6, 6.07) is 21.9. The lowest BCUT2D eigenvalue weighted by atomic mass is 9.84. The Morgan fingerprint density at radius 1 is 0.593 bits per heavy atom. The summed E-state index contributed by atoms with van der Waals surface area (Å²) in [4.78, 5) is 43.6. The number of pyridine rings is 2. The van der Waals surface area contributed by atoms with E-state index >= 15 is 0 Å². The molecule has 54 heavy (non-hydrogen) atoms. The van der Waals surface area contributed by atoms with Crippen LogP contribution in [-0.2, 0) is 0 Å². The van der Waals surface area contributed by atoms with Gasteiger partial charge >= 0.3 is 12.1 Å². The fourth-order valence-corrected chi connectivity index (χ4v) is 9.29. The molecule has 0 spiro atoms. The van der Waals surface area contributed by atoms with Crippen molar-refractivity contribution < 1.29 is 12.4 Å². The van der Waals surface area contributed by atoms with Gasteiger partial charge in [0.25, 0.3) is 0 Å². The van der Waals surface area contributed by atoms with Gasteiger partial charge in [-0.25, -0.2) is 9.59 Å². The highest BCUT2D eigenvalue weighted by molar-refractivity contribution is 5.84. The maximum atomic E-state index is 12.9. The molecule has 0 unspecified atom stereocenters. The van der Waals surface area contributed by atoms with E-state index in [2.05, 4.69) is 107 Å². The van der Waals surface area contributed by atoms with Crippen LogP contribution in [0.4, 0.5) is 9.59 Å². The number of likely N-dealkylation sites (tertiary alicyclic amines) is 4. The van der Waals surface area contributed by atoms with E-state index in [-0.39, 0.29) is 14.9 Å². The number of fused-ring (bicyclic) bond motifs is 2. The molecule has 0 saturated carbocycles. The largest absolute Gasteiger partial charge is 0.335 e. The van der Waals surface area contributed by atoms with Crippen LogP contribution in [0, 0.1) is 11.8 Å². The van der Waals surface area contributed by atoms with Crippen molar-refractivity contribution in [1.82, 2.24) is 40.2 Å². The summed E-state index contributed by atoms with van der Waals surface area (Å²) in [6.07, 6.45) is 10.1. The Morgan fingerprint density at radius 2 is 1.00 bits per heavy atom. The van der Waals surface area contributed by atoms with Crippen LogP contribution in [0.3, 0.4) is 0 Å². The molecule has 2 aromatic carbocycles. The molecule has 4 fully saturated rings. The van der Waals surface area contributed by atoms with Gasteiger partial charge in [-0.3, -0.25) is 9.97 Å². The molecule has 0 bridgehead atoms. The van der Waals surface area contributed by atoms with Crippen molar-refractivity contribution in [3.05, 3.63) is 84.2 Å². The molecule has 0 radical (unpaired) electrons. The van der Waals surface area contributed by atoms with E-state index in [0.29, 0.717) is 35.8 Å². The average molecular weight is 737 g/mol. The number of hydrogen-bond donors (Lipinski definition) is 2. The second kappa shape index (κ2) is 17.5. The lowest BCUT2D eigenvalue weighted by Crippen LogP contribution is -2.52. The van der Waals surface area contributed by atoms with E-state index in [9.17, 15) is 9.59 Å². The van der Waals surface area contributed by atoms with Crippen molar-refractivity contribution >= 4 is 33.9 Å². The van der Waals surface area contributed by atoms with Gasteiger partial charge in [-0.2, -0.15) is 0 Å². The maximum Gasteiger partial charge on any atom is 0.317 e. The Balaban J connectivity index is 0.000000207. The Labute approximate surface area is 324 Å². The van der Waals surface area contributed by atoms with Gasteiger partial charge in [0, 0.05) is 76.1 Å². The maximum absolute atomic E-state index is 12.9. The summed E-state index contributed by atoms with van der Waals surface area (Å²) >= 11 is 0. The van der Waals surface area contributed by atoms with Gasteiger partial charge in [0.05, 0.1) is 11.0 Å². The highest BCUT2D eigenvalue weighted by Gasteiger charge is 2.32. The first-order chi connectivity index (χ1) is 26.2. The van der Waals surface area contributed by atoms with Gasteiger partial charge < -0.3 is 30.2 Å². The van der Waals surface area contributed by atoms with Gasteiger partial charge in [-0.15, -0.1) is 0 Å². The summed E-state index contributed by atoms with van der Waals surface area (Å²) in [7, 11) is 4.29. The molecule has 4 aliphatic heterocycles. The Bertz CT molecular complexity index is 1740. The number of carbonyl (C=O) groups is 2. The van der Waals surface area contributed by atoms with Crippen LogP contribution in [-0.4, -0.2) is 120 Å². The zero-order valence-electron chi connectivity index (χ0n) is 32.8. The Morgan fingerprint density at radius 3 is 1.41 bits per heavy atom. The lowest BCUT2D eigenvalue weighted by molar-refractivity contribution is 0.150. The van der Waals surface area contributed by atoms with Crippen LogP contribution in [0.5, 0.6) is 0 Å². The number of nitrogens with zero attached hydrogens (tertiary/aromatic N) is 6. The molecule has 2 aromatic heterocycles. The molecular formula is C44H64N8O2. The fraction of sp³-hybridized carbons (Fsp3) is 0.545. The van der Waals surface area contributed by atoms with Gasteiger partial charge in [0.15, 0.2) is 0 Å². The van der Waals surface area contributed by atoms with Crippen molar-refractivity contribution in [2.75, 3.05) is 66.5 Å². The minimum atomic E-state index is 0. The fourth-order valence-electron chi connectivity index (χ4n) is 9.29. The Kier molecular flexibility index (Phi) is 12.3. The van der Waals surface area contributed by atoms with E-state index in [1.54, 1.807) is 0 Å². The zero-order valence-corrected chi connectivity index (χ0v) is 32.8. The van der Waals surface area contributed by atoms with Crippen LogP contribution in [0.25, 0.3) is 21.8 Å². The van der Waals surface area contributed by atoms with Crippen molar-refractivity contribution in [2.24, 2.45) is 11.8 Å². The standard InChI is InChI=1S/2C22H30N4O.2H2/c2*1-16-13-17(19-5-3-7-21-20(19)6-4-10-23-21)15-26(14-16)22(27)24-18-8-11-25(2)12-9-18;;/h2*3-7,10,16-18H,8-9,11-15H2,1-2H3,(H,24,27);2*1H/t16-,17+;16-,17-;;/m11../s1. The van der Waals surface area contributed by atoms with Crippen molar-refractivity contribution in [3.8, 4) is 0 Å². The molecule has 0 aliphatic carbocycles. The van der Waals surface area contributed by atoms with Gasteiger partial charge in [0.2, 0.25) is 0 Å². The minimum absolute atomic E-state index is 0. The van der Waals surface area contributed by atoms with E-state index in [1.807, 2.05) is 34.3 Å². The second-order valence-electron chi connectivity index (χ2n) is 16.8. The first kappa shape index (κ1) is 38.0. The number of aromatic nitrogens is 2. The molecule has 10 heteroatoms. The third-order valence-electron chi connectivity index (χ3n) is 12.2. The lowest BCUT2D eigenvalue weighted by Gasteiger charge is -2.38. The molecule has 4 atom stereocenters. The molecule has 6 heterocycles. The van der Waals surface area contributed by atoms with Gasteiger partial charge in [-0.05, 0) is 126 Å². The molecular weight excluding hydrogens is 673 g/mol. The number of urea groups is 2. The third kappa shape index (κ3) is 9.32. The second-order valence-corrected chi connectivity index (χ2v) is 16.8. The van der Waals surface area contributed by atoms with Crippen LogP contribution in [0.1, 0.15) is 78.2 Å². The van der Waals surface area contributed by atoms with E-state index in [4.69, 9.17) is 0 Å². The van der Waals surface area contributed by atoms with Crippen LogP contribution < -0.4 is 10.6 Å². The molecule has 4 amide bonds. The molecule has 4 aromatic rings. The first-order valence-corrected chi connectivity index (χ1v) is 20.4. The highest BCUT2D eigenvalue weighted by Crippen LogP contribution is 2.35. The monoisotopic (exact) mass is 737 g/mol. The number of hydrogen-bond acceptors (Lipinski definition) is 6. The highest BCUT2D eigenvalue weighted by atomic mass is 16.2. The average Bonchev–Trinajstić information content (AvgIpc) is 3.19. The SMILES string of the molecule is C[C@@H]1C[C@@H](c2cccc3ncccc23)CN(C(=O)NC2CCN(C)CC2)C1.C[C@@H]1C[C@H](c2cccc3ncccc23)CN(C(=O)NC2CCN(C)CC2)C1.[HH].[HH]. The summed E-state index contributed by atoms with van der Waals surface area (Å²) < 4.78 is 0. The van der Waals surface area contributed by atoms with E-state index in [1.165, 1.54) is 21.9 Å². The zero-order chi connectivity index (χ0) is 37.6. The van der Waals surface area contributed by atoms with E-state index < -0.39 is 0 Å². The molecule has 2 N–H and O–H groups in total.